The first-order valence-electron chi connectivity index (χ1n) is 4.22. The van der Waals surface area contributed by atoms with E-state index in [9.17, 15) is 0 Å². The maximum atomic E-state index is 5.71. The Kier molecular flexibility index (Phi) is 4.40. The van der Waals surface area contributed by atoms with Gasteiger partial charge in [0.2, 0.25) is 0 Å². The lowest BCUT2D eigenvalue weighted by Crippen LogP contribution is -2.47. The summed E-state index contributed by atoms with van der Waals surface area (Å²) in [6.45, 7) is 10.5. The molecule has 0 amide bonds. The van der Waals surface area contributed by atoms with Gasteiger partial charge in [0, 0.05) is 20.3 Å². The van der Waals surface area contributed by atoms with Gasteiger partial charge >= 0.3 is 8.80 Å². The molecular weight excluding hydrogens is 172 g/mol. The quantitative estimate of drug-likeness (QED) is 0.638. The van der Waals surface area contributed by atoms with Crippen molar-refractivity contribution in [3.63, 3.8) is 0 Å². The summed E-state index contributed by atoms with van der Waals surface area (Å²) in [6.07, 6.45) is 0. The highest BCUT2D eigenvalue weighted by Crippen LogP contribution is 2.17. The molecule has 4 heteroatoms. The van der Waals surface area contributed by atoms with E-state index in [1.54, 1.807) is 7.11 Å². The van der Waals surface area contributed by atoms with E-state index in [1.165, 1.54) is 0 Å². The third-order valence-electron chi connectivity index (χ3n) is 1.27. The predicted octanol–water partition coefficient (Wildman–Crippen LogP) is 2.05. The normalized spacial score (nSPS) is 17.5. The van der Waals surface area contributed by atoms with Gasteiger partial charge in [-0.05, 0) is 27.7 Å². The molecule has 74 valence electrons. The highest BCUT2D eigenvalue weighted by molar-refractivity contribution is 6.59. The Morgan fingerprint density at radius 1 is 1.25 bits per heavy atom. The van der Waals surface area contributed by atoms with Crippen LogP contribution in [0.15, 0.2) is 0 Å². The van der Waals surface area contributed by atoms with Gasteiger partial charge in [0.25, 0.3) is 0 Å². The van der Waals surface area contributed by atoms with Crippen molar-refractivity contribution in [1.82, 2.24) is 0 Å². The SMILES string of the molecule is CCO[Si](C)(OC)OC(C)(C)C. The predicted molar refractivity (Wildman–Crippen MR) is 51.1 cm³/mol. The molecule has 0 spiro atoms. The Morgan fingerprint density at radius 3 is 2.00 bits per heavy atom. The first-order valence-corrected chi connectivity index (χ1v) is 6.45. The monoisotopic (exact) mass is 192 g/mol. The lowest BCUT2D eigenvalue weighted by molar-refractivity contribution is 0.0130. The summed E-state index contributed by atoms with van der Waals surface area (Å²) < 4.78 is 16.4. The van der Waals surface area contributed by atoms with Crippen LogP contribution in [0.3, 0.4) is 0 Å². The molecule has 0 N–H and O–H groups in total. The van der Waals surface area contributed by atoms with Crippen LogP contribution in [0, 0.1) is 0 Å². The van der Waals surface area contributed by atoms with Crippen molar-refractivity contribution in [2.75, 3.05) is 13.7 Å². The van der Waals surface area contributed by atoms with Crippen molar-refractivity contribution in [2.45, 2.75) is 39.8 Å². The summed E-state index contributed by atoms with van der Waals surface area (Å²) in [5.74, 6) is 0. The van der Waals surface area contributed by atoms with Crippen LogP contribution in [0.2, 0.25) is 6.55 Å². The molecule has 1 atom stereocenters. The molecule has 0 saturated heterocycles. The van der Waals surface area contributed by atoms with E-state index in [4.69, 9.17) is 13.3 Å². The summed E-state index contributed by atoms with van der Waals surface area (Å²) >= 11 is 0. The molecule has 0 aliphatic carbocycles. The lowest BCUT2D eigenvalue weighted by atomic mass is 10.2. The molecule has 0 aromatic rings. The topological polar surface area (TPSA) is 27.7 Å². The van der Waals surface area contributed by atoms with E-state index in [2.05, 4.69) is 0 Å². The summed E-state index contributed by atoms with van der Waals surface area (Å²) in [4.78, 5) is 0. The Bertz CT molecular complexity index is 133. The van der Waals surface area contributed by atoms with E-state index in [-0.39, 0.29) is 5.60 Å². The Hall–Kier alpha value is 0.0969. The second-order valence-corrected chi connectivity index (χ2v) is 6.34. The van der Waals surface area contributed by atoms with Crippen LogP contribution in [-0.4, -0.2) is 28.1 Å². The van der Waals surface area contributed by atoms with E-state index >= 15 is 0 Å². The number of rotatable bonds is 4. The third-order valence-corrected chi connectivity index (χ3v) is 3.81. The van der Waals surface area contributed by atoms with Crippen LogP contribution < -0.4 is 0 Å². The molecule has 0 aromatic heterocycles. The molecular formula is C8H20O3Si. The lowest BCUT2D eigenvalue weighted by Gasteiger charge is -2.31. The van der Waals surface area contributed by atoms with E-state index in [1.807, 2.05) is 34.2 Å². The van der Waals surface area contributed by atoms with Crippen LogP contribution >= 0.6 is 0 Å². The largest absolute Gasteiger partial charge is 0.497 e. The fourth-order valence-electron chi connectivity index (χ4n) is 0.948. The summed E-state index contributed by atoms with van der Waals surface area (Å²) in [5, 5.41) is 0. The maximum Gasteiger partial charge on any atom is 0.497 e. The Labute approximate surface area is 76.4 Å². The van der Waals surface area contributed by atoms with Crippen molar-refractivity contribution in [3.05, 3.63) is 0 Å². The van der Waals surface area contributed by atoms with Crippen molar-refractivity contribution < 1.29 is 13.3 Å². The molecule has 0 saturated carbocycles. The second kappa shape index (κ2) is 4.37. The molecule has 0 aliphatic rings. The molecule has 1 unspecified atom stereocenters. The minimum atomic E-state index is -2.36. The van der Waals surface area contributed by atoms with Gasteiger partial charge < -0.3 is 13.3 Å². The van der Waals surface area contributed by atoms with Crippen LogP contribution in [0.1, 0.15) is 27.7 Å². The summed E-state index contributed by atoms with van der Waals surface area (Å²) in [7, 11) is -0.726. The average molecular weight is 192 g/mol. The fourth-order valence-corrected chi connectivity index (χ4v) is 2.85. The standard InChI is InChI=1S/C8H20O3Si/c1-7-10-12(6,9-5)11-8(2,3)4/h7H2,1-6H3. The zero-order chi connectivity index (χ0) is 9.83. The Balaban J connectivity index is 4.14. The third kappa shape index (κ3) is 4.87. The van der Waals surface area contributed by atoms with Crippen molar-refractivity contribution in [3.8, 4) is 0 Å². The van der Waals surface area contributed by atoms with Gasteiger partial charge in [-0.3, -0.25) is 0 Å². The summed E-state index contributed by atoms with van der Waals surface area (Å²) in [5.41, 5.74) is -0.202. The van der Waals surface area contributed by atoms with Gasteiger partial charge in [-0.2, -0.15) is 0 Å². The molecule has 0 fully saturated rings. The summed E-state index contributed by atoms with van der Waals surface area (Å²) in [6, 6.07) is 0. The number of hydrogen-bond acceptors (Lipinski definition) is 3. The van der Waals surface area contributed by atoms with Crippen molar-refractivity contribution in [2.24, 2.45) is 0 Å². The van der Waals surface area contributed by atoms with Crippen LogP contribution in [0.5, 0.6) is 0 Å². The molecule has 3 nitrogen and oxygen atoms in total. The first kappa shape index (κ1) is 12.1. The molecule has 0 aliphatic heterocycles. The van der Waals surface area contributed by atoms with E-state index in [0.717, 1.165) is 0 Å². The van der Waals surface area contributed by atoms with E-state index in [0.29, 0.717) is 6.61 Å². The van der Waals surface area contributed by atoms with Crippen LogP contribution in [0.4, 0.5) is 0 Å². The second-order valence-electron chi connectivity index (χ2n) is 3.71. The minimum absolute atomic E-state index is 0.202. The molecule has 0 rings (SSSR count). The number of hydrogen-bond donors (Lipinski definition) is 0. The molecule has 0 radical (unpaired) electrons. The van der Waals surface area contributed by atoms with Crippen molar-refractivity contribution >= 4 is 8.80 Å². The van der Waals surface area contributed by atoms with Gasteiger partial charge in [0.05, 0.1) is 5.60 Å². The molecule has 0 bridgehead atoms. The van der Waals surface area contributed by atoms with Crippen molar-refractivity contribution in [1.29, 1.82) is 0 Å². The van der Waals surface area contributed by atoms with Gasteiger partial charge in [-0.25, -0.2) is 0 Å². The molecule has 0 heterocycles. The highest BCUT2D eigenvalue weighted by Gasteiger charge is 2.37. The molecule has 0 aromatic carbocycles. The van der Waals surface area contributed by atoms with Gasteiger partial charge in [0.1, 0.15) is 0 Å². The molecule has 12 heavy (non-hydrogen) atoms. The zero-order valence-corrected chi connectivity index (χ0v) is 9.93. The van der Waals surface area contributed by atoms with Crippen LogP contribution in [0.25, 0.3) is 0 Å². The van der Waals surface area contributed by atoms with Crippen LogP contribution in [-0.2, 0) is 13.3 Å². The minimum Gasteiger partial charge on any atom is -0.377 e. The Morgan fingerprint density at radius 2 is 1.75 bits per heavy atom. The average Bonchev–Trinajstić information content (AvgIpc) is 1.84. The van der Waals surface area contributed by atoms with E-state index < -0.39 is 8.80 Å². The van der Waals surface area contributed by atoms with Gasteiger partial charge in [-0.15, -0.1) is 0 Å². The fraction of sp³-hybridized carbons (Fsp3) is 1.00. The van der Waals surface area contributed by atoms with Gasteiger partial charge in [0.15, 0.2) is 0 Å². The van der Waals surface area contributed by atoms with Gasteiger partial charge in [-0.1, -0.05) is 0 Å². The first-order chi connectivity index (χ1) is 5.33. The maximum absolute atomic E-state index is 5.71. The highest BCUT2D eigenvalue weighted by atomic mass is 28.4. The smallest absolute Gasteiger partial charge is 0.377 e. The zero-order valence-electron chi connectivity index (χ0n) is 8.93.